The van der Waals surface area contributed by atoms with Crippen LogP contribution in [0.15, 0.2) is 0 Å². The van der Waals surface area contributed by atoms with Crippen molar-refractivity contribution in [3.63, 3.8) is 0 Å². The van der Waals surface area contributed by atoms with Crippen LogP contribution >= 0.6 is 0 Å². The Labute approximate surface area is 184 Å². The fraction of sp³-hybridized carbons (Fsp3) is 0.913. The van der Waals surface area contributed by atoms with E-state index in [1.54, 1.807) is 0 Å². The van der Waals surface area contributed by atoms with E-state index in [1.165, 1.54) is 0 Å². The average Bonchev–Trinajstić information content (AvgIpc) is 2.56. The van der Waals surface area contributed by atoms with Gasteiger partial charge in [-0.25, -0.2) is 0 Å². The van der Waals surface area contributed by atoms with E-state index in [0.717, 1.165) is 6.54 Å². The molecule has 1 amide bonds. The summed E-state index contributed by atoms with van der Waals surface area (Å²) in [5, 5.41) is 9.59. The number of hydrogen-bond donors (Lipinski definition) is 3. The van der Waals surface area contributed by atoms with Crippen molar-refractivity contribution in [2.75, 3.05) is 39.5 Å². The van der Waals surface area contributed by atoms with Crippen LogP contribution in [0.4, 0.5) is 0 Å². The average molecular weight is 430 g/mol. The van der Waals surface area contributed by atoms with Gasteiger partial charge in [-0.3, -0.25) is 9.59 Å². The summed E-state index contributed by atoms with van der Waals surface area (Å²) in [6, 6.07) is -0.407. The van der Waals surface area contributed by atoms with Crippen molar-refractivity contribution in [3.8, 4) is 0 Å². The van der Waals surface area contributed by atoms with Gasteiger partial charge in [-0.05, 0) is 48.0 Å². The van der Waals surface area contributed by atoms with Gasteiger partial charge in [0.15, 0.2) is 0 Å². The summed E-state index contributed by atoms with van der Waals surface area (Å²) in [5.74, 6) is 0.0665. The summed E-state index contributed by atoms with van der Waals surface area (Å²) in [7, 11) is 0. The first-order valence-corrected chi connectivity index (χ1v) is 11.1. The molecule has 0 aliphatic rings. The molecule has 0 saturated carbocycles. The highest BCUT2D eigenvalue weighted by molar-refractivity contribution is 5.86. The molecule has 1 atom stereocenters. The van der Waals surface area contributed by atoms with Crippen molar-refractivity contribution in [2.45, 2.75) is 92.3 Å². The summed E-state index contributed by atoms with van der Waals surface area (Å²) in [6.45, 7) is 21.5. The van der Waals surface area contributed by atoms with Gasteiger partial charge in [0.25, 0.3) is 0 Å². The zero-order valence-electron chi connectivity index (χ0n) is 20.9. The highest BCUT2D eigenvalue weighted by atomic mass is 16.5. The molecule has 30 heavy (non-hydrogen) atoms. The Morgan fingerprint density at radius 3 is 1.77 bits per heavy atom. The predicted octanol–water partition coefficient (Wildman–Crippen LogP) is 2.68. The molecule has 0 bridgehead atoms. The van der Waals surface area contributed by atoms with Gasteiger partial charge < -0.3 is 25.4 Å². The van der Waals surface area contributed by atoms with E-state index in [0.29, 0.717) is 45.8 Å². The van der Waals surface area contributed by atoms with Crippen LogP contribution in [0.3, 0.4) is 0 Å². The maximum absolute atomic E-state index is 12.6. The normalized spacial score (nSPS) is 13.9. The fourth-order valence-corrected chi connectivity index (χ4v) is 2.63. The van der Waals surface area contributed by atoms with Crippen LogP contribution in [0.2, 0.25) is 0 Å². The van der Waals surface area contributed by atoms with Crippen LogP contribution in [0.25, 0.3) is 0 Å². The predicted molar refractivity (Wildman–Crippen MR) is 123 cm³/mol. The van der Waals surface area contributed by atoms with Gasteiger partial charge in [-0.2, -0.15) is 0 Å². The number of ether oxygens (including phenoxy) is 2. The number of carbonyl (C=O) groups is 2. The van der Waals surface area contributed by atoms with Gasteiger partial charge in [-0.15, -0.1) is 0 Å². The Kier molecular flexibility index (Phi) is 12.9. The highest BCUT2D eigenvalue weighted by Crippen LogP contribution is 2.19. The van der Waals surface area contributed by atoms with Gasteiger partial charge >= 0.3 is 0 Å². The highest BCUT2D eigenvalue weighted by Gasteiger charge is 2.27. The molecule has 3 N–H and O–H groups in total. The summed E-state index contributed by atoms with van der Waals surface area (Å²) in [5.41, 5.74) is -0.512. The SMILES string of the molecule is CC(C)(C)NCCOCCOCCNC(=O)C(CCC(=O)C(C)(C)C)NC(C)(C)C. The minimum atomic E-state index is -0.407. The first-order valence-electron chi connectivity index (χ1n) is 11.1. The van der Waals surface area contributed by atoms with E-state index in [2.05, 4.69) is 36.7 Å². The second-order valence-corrected chi connectivity index (χ2v) is 10.9. The van der Waals surface area contributed by atoms with E-state index in [-0.39, 0.29) is 28.2 Å². The van der Waals surface area contributed by atoms with Crippen molar-refractivity contribution in [1.82, 2.24) is 16.0 Å². The molecular weight excluding hydrogens is 382 g/mol. The molecule has 178 valence electrons. The topological polar surface area (TPSA) is 88.7 Å². The van der Waals surface area contributed by atoms with Crippen LogP contribution in [0.5, 0.6) is 0 Å². The zero-order valence-corrected chi connectivity index (χ0v) is 20.9. The molecule has 7 nitrogen and oxygen atoms in total. The van der Waals surface area contributed by atoms with E-state index < -0.39 is 6.04 Å². The van der Waals surface area contributed by atoms with Gasteiger partial charge in [0.05, 0.1) is 32.5 Å². The van der Waals surface area contributed by atoms with E-state index in [4.69, 9.17) is 9.47 Å². The van der Waals surface area contributed by atoms with Crippen molar-refractivity contribution in [1.29, 1.82) is 0 Å². The lowest BCUT2D eigenvalue weighted by molar-refractivity contribution is -0.127. The second kappa shape index (κ2) is 13.4. The molecule has 0 aromatic carbocycles. The third-order valence-corrected chi connectivity index (χ3v) is 4.24. The number of hydrogen-bond acceptors (Lipinski definition) is 6. The first-order chi connectivity index (χ1) is 13.6. The lowest BCUT2D eigenvalue weighted by atomic mass is 9.87. The lowest BCUT2D eigenvalue weighted by Gasteiger charge is -2.28. The Morgan fingerprint density at radius 1 is 0.767 bits per heavy atom. The Morgan fingerprint density at radius 2 is 1.30 bits per heavy atom. The molecule has 0 aromatic rings. The van der Waals surface area contributed by atoms with Crippen LogP contribution in [0.1, 0.15) is 75.2 Å². The molecule has 0 spiro atoms. The number of Topliss-reactive ketones (excluding diaryl/α,β-unsaturated/α-hetero) is 1. The first kappa shape index (κ1) is 29.0. The monoisotopic (exact) mass is 429 g/mol. The zero-order chi connectivity index (χ0) is 23.4. The Bertz CT molecular complexity index is 502. The standard InChI is InChI=1S/C23H47N3O4/c1-21(2,3)19(27)11-10-18(26-23(7,8)9)20(28)24-12-14-29-16-17-30-15-13-25-22(4,5)6/h18,25-26H,10-17H2,1-9H3,(H,24,28). The number of carbonyl (C=O) groups excluding carboxylic acids is 2. The fourth-order valence-electron chi connectivity index (χ4n) is 2.63. The molecule has 0 aliphatic carbocycles. The van der Waals surface area contributed by atoms with Gasteiger partial charge in [0, 0.05) is 36.0 Å². The summed E-state index contributed by atoms with van der Waals surface area (Å²) in [4.78, 5) is 24.8. The summed E-state index contributed by atoms with van der Waals surface area (Å²) >= 11 is 0. The van der Waals surface area contributed by atoms with E-state index >= 15 is 0 Å². The maximum Gasteiger partial charge on any atom is 0.237 e. The molecule has 7 heteroatoms. The van der Waals surface area contributed by atoms with E-state index in [1.807, 2.05) is 41.5 Å². The van der Waals surface area contributed by atoms with Crippen LogP contribution < -0.4 is 16.0 Å². The number of ketones is 1. The smallest absolute Gasteiger partial charge is 0.237 e. The molecular formula is C23H47N3O4. The summed E-state index contributed by atoms with van der Waals surface area (Å²) < 4.78 is 11.0. The van der Waals surface area contributed by atoms with Crippen LogP contribution in [-0.4, -0.2) is 68.3 Å². The summed E-state index contributed by atoms with van der Waals surface area (Å²) in [6.07, 6.45) is 0.860. The van der Waals surface area contributed by atoms with Gasteiger partial charge in [0.2, 0.25) is 5.91 Å². The molecule has 0 radical (unpaired) electrons. The van der Waals surface area contributed by atoms with Gasteiger partial charge in [0.1, 0.15) is 5.78 Å². The second-order valence-electron chi connectivity index (χ2n) is 10.9. The molecule has 1 unspecified atom stereocenters. The molecule has 0 saturated heterocycles. The molecule has 0 heterocycles. The number of amides is 1. The maximum atomic E-state index is 12.6. The third kappa shape index (κ3) is 16.7. The van der Waals surface area contributed by atoms with Gasteiger partial charge in [-0.1, -0.05) is 20.8 Å². The molecule has 0 aromatic heterocycles. The minimum absolute atomic E-state index is 0.0950. The van der Waals surface area contributed by atoms with Crippen molar-refractivity contribution in [2.24, 2.45) is 5.41 Å². The Balaban J connectivity index is 4.11. The minimum Gasteiger partial charge on any atom is -0.378 e. The molecule has 0 rings (SSSR count). The van der Waals surface area contributed by atoms with Crippen LogP contribution in [-0.2, 0) is 19.1 Å². The quantitative estimate of drug-likeness (QED) is 0.368. The molecule has 0 aliphatic heterocycles. The van der Waals surface area contributed by atoms with E-state index in [9.17, 15) is 9.59 Å². The van der Waals surface area contributed by atoms with Crippen LogP contribution in [0, 0.1) is 5.41 Å². The number of rotatable bonds is 14. The van der Waals surface area contributed by atoms with Crippen molar-refractivity contribution >= 4 is 11.7 Å². The molecule has 0 fully saturated rings. The lowest BCUT2D eigenvalue weighted by Crippen LogP contribution is -2.52. The Hall–Kier alpha value is -1.02. The third-order valence-electron chi connectivity index (χ3n) is 4.24. The largest absolute Gasteiger partial charge is 0.378 e. The van der Waals surface area contributed by atoms with Crippen molar-refractivity contribution in [3.05, 3.63) is 0 Å². The van der Waals surface area contributed by atoms with Crippen molar-refractivity contribution < 1.29 is 19.1 Å². The number of nitrogens with one attached hydrogen (secondary N) is 3.